The number of carbonyl (C=O) groups is 3. The van der Waals surface area contributed by atoms with E-state index in [1.54, 1.807) is 4.90 Å². The fraction of sp³-hybridized carbons (Fsp3) is 0.625. The van der Waals surface area contributed by atoms with Crippen LogP contribution in [-0.2, 0) is 20.8 Å². The molecule has 2 heterocycles. The first-order valence-electron chi connectivity index (χ1n) is 8.12. The Labute approximate surface area is 141 Å². The first kappa shape index (κ1) is 18.0. The van der Waals surface area contributed by atoms with Crippen LogP contribution >= 0.6 is 0 Å². The number of H-pyrrole nitrogens is 1. The van der Waals surface area contributed by atoms with Crippen LogP contribution < -0.4 is 5.32 Å². The summed E-state index contributed by atoms with van der Waals surface area (Å²) in [6, 6.07) is -0.623. The molecule has 0 spiro atoms. The van der Waals surface area contributed by atoms with E-state index in [0.29, 0.717) is 25.9 Å². The van der Waals surface area contributed by atoms with Crippen LogP contribution in [0.5, 0.6) is 0 Å². The lowest BCUT2D eigenvalue weighted by Gasteiger charge is -2.40. The zero-order valence-corrected chi connectivity index (χ0v) is 14.7. The third kappa shape index (κ3) is 3.74. The Morgan fingerprint density at radius 2 is 2.00 bits per heavy atom. The molecule has 1 fully saturated rings. The van der Waals surface area contributed by atoms with Crippen LogP contribution in [0.4, 0.5) is 0 Å². The Hall–Kier alpha value is -2.38. The maximum Gasteiger partial charge on any atom is 0.244 e. The smallest absolute Gasteiger partial charge is 0.244 e. The number of nitrogens with one attached hydrogen (secondary N) is 2. The molecule has 8 heteroatoms. The van der Waals surface area contributed by atoms with Gasteiger partial charge in [0.25, 0.3) is 0 Å². The third-order valence-electron chi connectivity index (χ3n) is 4.56. The number of aryl methyl sites for hydroxylation is 2. The van der Waals surface area contributed by atoms with Gasteiger partial charge < -0.3 is 15.1 Å². The summed E-state index contributed by atoms with van der Waals surface area (Å²) >= 11 is 0. The van der Waals surface area contributed by atoms with Crippen molar-refractivity contribution in [3.8, 4) is 0 Å². The number of piperazine rings is 1. The summed E-state index contributed by atoms with van der Waals surface area (Å²) in [6.45, 7) is 6.36. The van der Waals surface area contributed by atoms with Crippen molar-refractivity contribution in [3.05, 3.63) is 17.0 Å². The molecule has 0 saturated carbocycles. The Morgan fingerprint density at radius 3 is 2.54 bits per heavy atom. The summed E-state index contributed by atoms with van der Waals surface area (Å²) in [6.07, 6.45) is 0.978. The topological polar surface area (TPSA) is 98.4 Å². The van der Waals surface area contributed by atoms with E-state index in [0.717, 1.165) is 17.0 Å². The second kappa shape index (κ2) is 7.46. The number of aromatic nitrogens is 2. The van der Waals surface area contributed by atoms with Gasteiger partial charge in [-0.15, -0.1) is 0 Å². The molecule has 1 aliphatic heterocycles. The molecule has 8 nitrogen and oxygen atoms in total. The predicted octanol–water partition coefficient (Wildman–Crippen LogP) is -0.236. The summed E-state index contributed by atoms with van der Waals surface area (Å²) in [4.78, 5) is 39.4. The molecule has 0 radical (unpaired) electrons. The highest BCUT2D eigenvalue weighted by atomic mass is 16.2. The summed E-state index contributed by atoms with van der Waals surface area (Å²) in [7, 11) is 1.53. The first-order valence-corrected chi connectivity index (χ1v) is 8.12. The van der Waals surface area contributed by atoms with Gasteiger partial charge in [-0.25, -0.2) is 0 Å². The quantitative estimate of drug-likeness (QED) is 0.794. The largest absolute Gasteiger partial charge is 0.357 e. The number of likely N-dealkylation sites (N-methyl/N-ethyl adjacent to an activating group) is 1. The Kier molecular flexibility index (Phi) is 5.58. The Balaban J connectivity index is 2.00. The lowest BCUT2D eigenvalue weighted by atomic mass is 10.1. The number of hydrogen-bond acceptors (Lipinski definition) is 4. The minimum atomic E-state index is -0.623. The molecule has 0 aromatic carbocycles. The van der Waals surface area contributed by atoms with Crippen molar-refractivity contribution in [2.45, 2.75) is 39.7 Å². The third-order valence-corrected chi connectivity index (χ3v) is 4.56. The molecule has 2 rings (SSSR count). The number of amides is 3. The van der Waals surface area contributed by atoms with Crippen LogP contribution in [0.1, 0.15) is 30.3 Å². The zero-order valence-electron chi connectivity index (χ0n) is 14.7. The SMILES string of the molecule is CNC(=O)C1CN(C(=O)CCc2c(C)n[nH]c2C)CCN1C(C)=O. The number of rotatable bonds is 4. The lowest BCUT2D eigenvalue weighted by molar-refractivity contribution is -0.147. The van der Waals surface area contributed by atoms with Gasteiger partial charge in [0.05, 0.1) is 12.2 Å². The normalized spacial score (nSPS) is 17.8. The molecule has 0 aliphatic carbocycles. The van der Waals surface area contributed by atoms with Gasteiger partial charge in [-0.3, -0.25) is 19.5 Å². The van der Waals surface area contributed by atoms with E-state index in [-0.39, 0.29) is 24.3 Å². The fourth-order valence-electron chi connectivity index (χ4n) is 3.11. The monoisotopic (exact) mass is 335 g/mol. The van der Waals surface area contributed by atoms with Crippen LogP contribution in [0.3, 0.4) is 0 Å². The van der Waals surface area contributed by atoms with Crippen molar-refractivity contribution in [2.24, 2.45) is 0 Å². The van der Waals surface area contributed by atoms with Crippen molar-refractivity contribution in [2.75, 3.05) is 26.7 Å². The van der Waals surface area contributed by atoms with Gasteiger partial charge in [-0.05, 0) is 25.8 Å². The summed E-state index contributed by atoms with van der Waals surface area (Å²) < 4.78 is 0. The molecular formula is C16H25N5O3. The molecule has 1 aromatic rings. The van der Waals surface area contributed by atoms with E-state index < -0.39 is 6.04 Å². The minimum Gasteiger partial charge on any atom is -0.357 e. The van der Waals surface area contributed by atoms with E-state index >= 15 is 0 Å². The standard InChI is InChI=1S/C16H25N5O3/c1-10-13(11(2)19-18-10)5-6-15(23)20-7-8-21(12(3)22)14(9-20)16(24)17-4/h14H,5-9H2,1-4H3,(H,17,24)(H,18,19). The van der Waals surface area contributed by atoms with Crippen molar-refractivity contribution >= 4 is 17.7 Å². The van der Waals surface area contributed by atoms with Gasteiger partial charge in [0.2, 0.25) is 17.7 Å². The second-order valence-corrected chi connectivity index (χ2v) is 6.09. The molecule has 1 aliphatic rings. The maximum atomic E-state index is 12.5. The van der Waals surface area contributed by atoms with Gasteiger partial charge in [-0.1, -0.05) is 0 Å². The van der Waals surface area contributed by atoms with E-state index in [9.17, 15) is 14.4 Å². The maximum absolute atomic E-state index is 12.5. The number of aromatic amines is 1. The van der Waals surface area contributed by atoms with Crippen molar-refractivity contribution in [1.82, 2.24) is 25.3 Å². The van der Waals surface area contributed by atoms with Crippen molar-refractivity contribution in [1.29, 1.82) is 0 Å². The molecule has 1 aromatic heterocycles. The van der Waals surface area contributed by atoms with E-state index in [1.807, 2.05) is 13.8 Å². The summed E-state index contributed by atoms with van der Waals surface area (Å²) in [5.74, 6) is -0.406. The molecule has 3 amide bonds. The van der Waals surface area contributed by atoms with Gasteiger partial charge >= 0.3 is 0 Å². The minimum absolute atomic E-state index is 0.00731. The van der Waals surface area contributed by atoms with Gasteiger partial charge in [0.1, 0.15) is 6.04 Å². The molecule has 1 atom stereocenters. The van der Waals surface area contributed by atoms with Crippen LogP contribution in [0, 0.1) is 13.8 Å². The first-order chi connectivity index (χ1) is 11.3. The molecule has 0 bridgehead atoms. The Bertz CT molecular complexity index is 620. The van der Waals surface area contributed by atoms with Crippen molar-refractivity contribution in [3.63, 3.8) is 0 Å². The summed E-state index contributed by atoms with van der Waals surface area (Å²) in [5, 5.41) is 9.62. The van der Waals surface area contributed by atoms with Gasteiger partial charge in [-0.2, -0.15) is 5.10 Å². The van der Waals surface area contributed by atoms with Crippen LogP contribution in [0.25, 0.3) is 0 Å². The number of hydrogen-bond donors (Lipinski definition) is 2. The zero-order chi connectivity index (χ0) is 17.9. The molecule has 2 N–H and O–H groups in total. The molecule has 1 saturated heterocycles. The average molecular weight is 335 g/mol. The highest BCUT2D eigenvalue weighted by Crippen LogP contribution is 2.15. The number of nitrogens with zero attached hydrogens (tertiary/aromatic N) is 3. The molecule has 1 unspecified atom stereocenters. The van der Waals surface area contributed by atoms with Gasteiger partial charge in [0, 0.05) is 39.2 Å². The summed E-state index contributed by atoms with van der Waals surface area (Å²) in [5.41, 5.74) is 2.95. The number of carbonyl (C=O) groups excluding carboxylic acids is 3. The second-order valence-electron chi connectivity index (χ2n) is 6.09. The lowest BCUT2D eigenvalue weighted by Crippen LogP contribution is -2.60. The Morgan fingerprint density at radius 1 is 1.29 bits per heavy atom. The molecular weight excluding hydrogens is 310 g/mol. The molecule has 24 heavy (non-hydrogen) atoms. The van der Waals surface area contributed by atoms with Gasteiger partial charge in [0.15, 0.2) is 0 Å². The van der Waals surface area contributed by atoms with Crippen LogP contribution in [0.15, 0.2) is 0 Å². The predicted molar refractivity (Wildman–Crippen MR) is 88.2 cm³/mol. The van der Waals surface area contributed by atoms with E-state index in [1.165, 1.54) is 18.9 Å². The van der Waals surface area contributed by atoms with E-state index in [4.69, 9.17) is 0 Å². The fourth-order valence-corrected chi connectivity index (χ4v) is 3.11. The molecule has 132 valence electrons. The highest BCUT2D eigenvalue weighted by Gasteiger charge is 2.35. The van der Waals surface area contributed by atoms with Crippen LogP contribution in [-0.4, -0.2) is 70.4 Å². The highest BCUT2D eigenvalue weighted by molar-refractivity contribution is 5.88. The van der Waals surface area contributed by atoms with Crippen LogP contribution in [0.2, 0.25) is 0 Å². The van der Waals surface area contributed by atoms with Crippen molar-refractivity contribution < 1.29 is 14.4 Å². The van der Waals surface area contributed by atoms with E-state index in [2.05, 4.69) is 15.5 Å². The average Bonchev–Trinajstić information content (AvgIpc) is 2.89.